The first-order valence-corrected chi connectivity index (χ1v) is 9.46. The average molecular weight is 365 g/mol. The number of nitrogens with zero attached hydrogens (tertiary/aromatic N) is 1. The summed E-state index contributed by atoms with van der Waals surface area (Å²) in [5, 5.41) is 4.37. The van der Waals surface area contributed by atoms with Crippen LogP contribution in [0.4, 0.5) is 5.00 Å². The molecule has 1 aliphatic carbocycles. The van der Waals surface area contributed by atoms with E-state index in [1.54, 1.807) is 6.07 Å². The maximum Gasteiger partial charge on any atom is 0.274 e. The van der Waals surface area contributed by atoms with Crippen LogP contribution in [0.15, 0.2) is 36.4 Å². The Bertz CT molecular complexity index is 1030. The smallest absolute Gasteiger partial charge is 0.274 e. The lowest BCUT2D eigenvalue weighted by Gasteiger charge is -2.18. The van der Waals surface area contributed by atoms with Crippen LogP contribution in [0, 0.1) is 5.92 Å². The summed E-state index contributed by atoms with van der Waals surface area (Å²) in [6.07, 6.45) is 2.78. The number of para-hydroxylation sites is 1. The molecule has 0 bridgehead atoms. The van der Waals surface area contributed by atoms with Gasteiger partial charge in [0.2, 0.25) is 0 Å². The Balaban J connectivity index is 1.67. The number of benzene rings is 1. The third-order valence-electron chi connectivity index (χ3n) is 4.82. The van der Waals surface area contributed by atoms with Crippen LogP contribution in [-0.2, 0) is 12.8 Å². The third-order valence-corrected chi connectivity index (χ3v) is 5.99. The molecule has 1 aliphatic rings. The van der Waals surface area contributed by atoms with Gasteiger partial charge in [-0.2, -0.15) is 0 Å². The van der Waals surface area contributed by atoms with Gasteiger partial charge in [-0.15, -0.1) is 11.3 Å². The molecule has 0 unspecified atom stereocenters. The van der Waals surface area contributed by atoms with Crippen LogP contribution in [0.1, 0.15) is 44.6 Å². The number of nitrogens with two attached hydrogens (primary N) is 1. The first-order valence-electron chi connectivity index (χ1n) is 8.64. The Kier molecular flexibility index (Phi) is 4.20. The number of fused-ring (bicyclic) bond motifs is 2. The van der Waals surface area contributed by atoms with Gasteiger partial charge in [0.15, 0.2) is 0 Å². The number of thiophene rings is 1. The third kappa shape index (κ3) is 2.97. The molecule has 0 radical (unpaired) electrons. The number of rotatable bonds is 3. The molecule has 0 fully saturated rings. The lowest BCUT2D eigenvalue weighted by Crippen LogP contribution is -2.19. The van der Waals surface area contributed by atoms with Crippen LogP contribution >= 0.6 is 11.3 Å². The highest BCUT2D eigenvalue weighted by Crippen LogP contribution is 2.39. The van der Waals surface area contributed by atoms with Crippen LogP contribution in [0.5, 0.6) is 0 Å². The van der Waals surface area contributed by atoms with Gasteiger partial charge in [0.1, 0.15) is 10.7 Å². The summed E-state index contributed by atoms with van der Waals surface area (Å²) in [4.78, 5) is 30.3. The van der Waals surface area contributed by atoms with E-state index in [1.165, 1.54) is 11.3 Å². The van der Waals surface area contributed by atoms with Crippen LogP contribution in [-0.4, -0.2) is 16.8 Å². The van der Waals surface area contributed by atoms with E-state index in [0.29, 0.717) is 22.2 Å². The topological polar surface area (TPSA) is 85.1 Å². The Morgan fingerprint density at radius 2 is 2.04 bits per heavy atom. The van der Waals surface area contributed by atoms with Crippen LogP contribution < -0.4 is 11.1 Å². The number of nitrogens with one attached hydrogen (secondary N) is 1. The number of carbonyl (C=O) groups is 2. The molecule has 0 aliphatic heterocycles. The van der Waals surface area contributed by atoms with Crippen molar-refractivity contribution in [1.82, 2.24) is 4.98 Å². The van der Waals surface area contributed by atoms with Gasteiger partial charge >= 0.3 is 0 Å². The normalized spacial score (nSPS) is 16.3. The highest BCUT2D eigenvalue weighted by molar-refractivity contribution is 7.17. The minimum Gasteiger partial charge on any atom is -0.365 e. The highest BCUT2D eigenvalue weighted by Gasteiger charge is 2.27. The zero-order valence-corrected chi connectivity index (χ0v) is 15.2. The summed E-state index contributed by atoms with van der Waals surface area (Å²) < 4.78 is 0. The van der Waals surface area contributed by atoms with Crippen molar-refractivity contribution in [1.29, 1.82) is 0 Å². The second kappa shape index (κ2) is 6.53. The van der Waals surface area contributed by atoms with Gasteiger partial charge in [0.25, 0.3) is 11.8 Å². The summed E-state index contributed by atoms with van der Waals surface area (Å²) in [5.74, 6) is -0.240. The lowest BCUT2D eigenvalue weighted by molar-refractivity contribution is 0.1000. The predicted octanol–water partition coefficient (Wildman–Crippen LogP) is 3.77. The summed E-state index contributed by atoms with van der Waals surface area (Å²) in [6.45, 7) is 2.20. The molecule has 5 nitrogen and oxygen atoms in total. The molecule has 4 rings (SSSR count). The van der Waals surface area contributed by atoms with Crippen molar-refractivity contribution in [3.05, 3.63) is 58.1 Å². The van der Waals surface area contributed by atoms with E-state index in [9.17, 15) is 9.59 Å². The molecule has 26 heavy (non-hydrogen) atoms. The number of aromatic nitrogens is 1. The second-order valence-corrected chi connectivity index (χ2v) is 7.87. The molecule has 2 heterocycles. The van der Waals surface area contributed by atoms with E-state index in [-0.39, 0.29) is 5.91 Å². The molecule has 1 atom stereocenters. The molecule has 6 heteroatoms. The molecule has 2 aromatic heterocycles. The molecular formula is C20H19N3O2S. The van der Waals surface area contributed by atoms with Crippen molar-refractivity contribution < 1.29 is 9.59 Å². The van der Waals surface area contributed by atoms with E-state index >= 15 is 0 Å². The predicted molar refractivity (Wildman–Crippen MR) is 104 cm³/mol. The first-order chi connectivity index (χ1) is 12.5. The van der Waals surface area contributed by atoms with Gasteiger partial charge in [-0.1, -0.05) is 31.2 Å². The van der Waals surface area contributed by atoms with Gasteiger partial charge in [-0.3, -0.25) is 9.59 Å². The molecule has 3 aromatic rings. The Labute approximate surface area is 155 Å². The molecular weight excluding hydrogens is 346 g/mol. The average Bonchev–Trinajstić information content (AvgIpc) is 2.98. The molecule has 3 N–H and O–H groups in total. The SMILES string of the molecule is C[C@H]1CCc2c(sc(NC(=O)c3ccc4ccccc4n3)c2C(N)=O)C1. The van der Waals surface area contributed by atoms with Crippen molar-refractivity contribution in [3.63, 3.8) is 0 Å². The fourth-order valence-corrected chi connectivity index (χ4v) is 4.87. The van der Waals surface area contributed by atoms with Gasteiger partial charge in [-0.05, 0) is 42.9 Å². The largest absolute Gasteiger partial charge is 0.365 e. The Hall–Kier alpha value is -2.73. The van der Waals surface area contributed by atoms with Crippen LogP contribution in [0.3, 0.4) is 0 Å². The van der Waals surface area contributed by atoms with Crippen molar-refractivity contribution in [2.24, 2.45) is 11.7 Å². The quantitative estimate of drug-likeness (QED) is 0.741. The standard InChI is InChI=1S/C20H19N3O2S/c1-11-6-8-13-16(10-11)26-20(17(13)18(21)24)23-19(25)15-9-7-12-4-2-3-5-14(12)22-15/h2-5,7,9,11H,6,8,10H2,1H3,(H2,21,24)(H,23,25)/t11-/m0/s1. The molecule has 2 amide bonds. The molecule has 0 saturated heterocycles. The number of anilines is 1. The van der Waals surface area contributed by atoms with Crippen LogP contribution in [0.25, 0.3) is 10.9 Å². The first kappa shape index (κ1) is 16.7. The molecule has 0 saturated carbocycles. The second-order valence-electron chi connectivity index (χ2n) is 6.76. The molecule has 1 aromatic carbocycles. The lowest BCUT2D eigenvalue weighted by atomic mass is 9.88. The fraction of sp³-hybridized carbons (Fsp3) is 0.250. The van der Waals surface area contributed by atoms with Crippen molar-refractivity contribution >= 4 is 39.1 Å². The number of primary amides is 1. The minimum atomic E-state index is -0.487. The maximum atomic E-state index is 12.7. The van der Waals surface area contributed by atoms with E-state index in [2.05, 4.69) is 17.2 Å². The van der Waals surface area contributed by atoms with Gasteiger partial charge in [-0.25, -0.2) is 4.98 Å². The van der Waals surface area contributed by atoms with Gasteiger partial charge in [0, 0.05) is 10.3 Å². The summed E-state index contributed by atoms with van der Waals surface area (Å²) >= 11 is 1.46. The minimum absolute atomic E-state index is 0.318. The number of carbonyl (C=O) groups excluding carboxylic acids is 2. The zero-order valence-electron chi connectivity index (χ0n) is 14.4. The van der Waals surface area contributed by atoms with Crippen LogP contribution in [0.2, 0.25) is 0 Å². The van der Waals surface area contributed by atoms with Crippen molar-refractivity contribution in [2.45, 2.75) is 26.2 Å². The molecule has 132 valence electrons. The Morgan fingerprint density at radius 1 is 1.23 bits per heavy atom. The van der Waals surface area contributed by atoms with Gasteiger partial charge in [0.05, 0.1) is 11.1 Å². The number of amides is 2. The maximum absolute atomic E-state index is 12.7. The van der Waals surface area contributed by atoms with E-state index in [1.807, 2.05) is 30.3 Å². The van der Waals surface area contributed by atoms with Crippen molar-refractivity contribution in [3.8, 4) is 0 Å². The molecule has 0 spiro atoms. The summed E-state index contributed by atoms with van der Waals surface area (Å²) in [5.41, 5.74) is 8.15. The van der Waals surface area contributed by atoms with Gasteiger partial charge < -0.3 is 11.1 Å². The zero-order chi connectivity index (χ0) is 18.3. The number of hydrogen-bond donors (Lipinski definition) is 2. The number of pyridine rings is 1. The van der Waals surface area contributed by atoms with Crippen molar-refractivity contribution in [2.75, 3.05) is 5.32 Å². The van der Waals surface area contributed by atoms with E-state index in [4.69, 9.17) is 5.73 Å². The number of hydrogen-bond acceptors (Lipinski definition) is 4. The monoisotopic (exact) mass is 365 g/mol. The highest BCUT2D eigenvalue weighted by atomic mass is 32.1. The summed E-state index contributed by atoms with van der Waals surface area (Å²) in [7, 11) is 0. The summed E-state index contributed by atoms with van der Waals surface area (Å²) in [6, 6.07) is 11.2. The Morgan fingerprint density at radius 3 is 2.85 bits per heavy atom. The fourth-order valence-electron chi connectivity index (χ4n) is 3.46. The van der Waals surface area contributed by atoms with E-state index in [0.717, 1.165) is 40.6 Å². The van der Waals surface area contributed by atoms with E-state index < -0.39 is 5.91 Å².